The Labute approximate surface area is 414 Å². The highest BCUT2D eigenvalue weighted by atomic mass is 16.6. The van der Waals surface area contributed by atoms with Gasteiger partial charge in [-0.25, -0.2) is 0 Å². The number of hydrogen-bond acceptors (Lipinski definition) is 6. The molecule has 6 nitrogen and oxygen atoms in total. The van der Waals surface area contributed by atoms with Crippen LogP contribution in [-0.4, -0.2) is 37.2 Å². The minimum atomic E-state index is -0.796. The van der Waals surface area contributed by atoms with Crippen molar-refractivity contribution in [2.75, 3.05) is 13.2 Å². The summed E-state index contributed by atoms with van der Waals surface area (Å²) in [5.74, 6) is -0.922. The molecule has 0 amide bonds. The van der Waals surface area contributed by atoms with Crippen molar-refractivity contribution < 1.29 is 28.6 Å². The average Bonchev–Trinajstić information content (AvgIpc) is 3.33. The minimum Gasteiger partial charge on any atom is -0.462 e. The molecule has 0 N–H and O–H groups in total. The third-order valence-corrected chi connectivity index (χ3v) is 12.4. The molecule has 0 heterocycles. The summed E-state index contributed by atoms with van der Waals surface area (Å²) >= 11 is 0. The van der Waals surface area contributed by atoms with Gasteiger partial charge in [-0.05, 0) is 38.5 Å². The van der Waals surface area contributed by atoms with Crippen LogP contribution in [0.15, 0.2) is 72.9 Å². The second kappa shape index (κ2) is 55.4. The van der Waals surface area contributed by atoms with E-state index < -0.39 is 6.10 Å². The zero-order valence-electron chi connectivity index (χ0n) is 44.2. The van der Waals surface area contributed by atoms with E-state index in [0.717, 1.165) is 64.2 Å². The van der Waals surface area contributed by atoms with Crippen LogP contribution in [0.3, 0.4) is 0 Å². The molecule has 0 saturated heterocycles. The molecule has 0 radical (unpaired) electrons. The number of hydrogen-bond donors (Lipinski definition) is 0. The van der Waals surface area contributed by atoms with E-state index in [1.165, 1.54) is 167 Å². The lowest BCUT2D eigenvalue weighted by Crippen LogP contribution is -2.30. The van der Waals surface area contributed by atoms with Crippen LogP contribution in [0.4, 0.5) is 0 Å². The monoisotopic (exact) mass is 935 g/mol. The Morgan fingerprint density at radius 1 is 0.313 bits per heavy atom. The molecule has 67 heavy (non-hydrogen) atoms. The fourth-order valence-electron chi connectivity index (χ4n) is 8.12. The maximum atomic E-state index is 12.8. The first-order valence-corrected chi connectivity index (χ1v) is 28.5. The van der Waals surface area contributed by atoms with E-state index in [2.05, 4.69) is 32.9 Å². The number of allylic oxidation sites excluding steroid dienone is 12. The van der Waals surface area contributed by atoms with Crippen LogP contribution in [0, 0.1) is 0 Å². The highest BCUT2D eigenvalue weighted by molar-refractivity contribution is 5.71. The molecular weight excluding hydrogens is 829 g/mol. The van der Waals surface area contributed by atoms with E-state index >= 15 is 0 Å². The molecule has 0 aliphatic heterocycles. The third kappa shape index (κ3) is 53.7. The Hall–Kier alpha value is -3.15. The van der Waals surface area contributed by atoms with Gasteiger partial charge < -0.3 is 14.2 Å². The summed E-state index contributed by atoms with van der Waals surface area (Å²) in [5, 5.41) is 0. The molecule has 0 spiro atoms. The standard InChI is InChI=1S/C61H106O6/c1-4-7-10-13-16-19-22-25-28-30-32-33-36-39-42-45-48-51-54-60(63)66-57-58(56-65-59(62)53-50-47-44-41-38-35-27-24-21-18-15-12-9-6-3)67-61(64)55-52-49-46-43-40-37-34-31-29-26-23-20-17-14-11-8-5-2/h8,11,14,17,20,23,26,29,31,34,37,40,58H,4-7,9-10,12-13,15-16,18-19,21-22,24-25,27-28,30,32-33,35-36,38-39,41-57H2,1-3H3/b11-8-,17-14-,23-20-,29-26-,34-31+,40-37-. The van der Waals surface area contributed by atoms with Gasteiger partial charge in [0.2, 0.25) is 0 Å². The summed E-state index contributed by atoms with van der Waals surface area (Å²) in [5.41, 5.74) is 0. The number of carbonyl (C=O) groups excluding carboxylic acids is 3. The Morgan fingerprint density at radius 3 is 0.910 bits per heavy atom. The van der Waals surface area contributed by atoms with Crippen LogP contribution in [0.5, 0.6) is 0 Å². The Kier molecular flexibility index (Phi) is 52.8. The van der Waals surface area contributed by atoms with Crippen LogP contribution in [0.25, 0.3) is 0 Å². The van der Waals surface area contributed by atoms with Crippen molar-refractivity contribution in [1.82, 2.24) is 0 Å². The van der Waals surface area contributed by atoms with Crippen LogP contribution in [0.2, 0.25) is 0 Å². The Bertz CT molecular complexity index is 1260. The molecule has 0 aromatic rings. The Balaban J connectivity index is 4.43. The summed E-state index contributed by atoms with van der Waals surface area (Å²) < 4.78 is 16.8. The molecule has 1 atom stereocenters. The second-order valence-corrected chi connectivity index (χ2v) is 19.0. The molecule has 0 aromatic carbocycles. The molecule has 6 heteroatoms. The normalized spacial score (nSPS) is 12.6. The van der Waals surface area contributed by atoms with Gasteiger partial charge in [-0.15, -0.1) is 0 Å². The lowest BCUT2D eigenvalue weighted by molar-refractivity contribution is -0.167. The summed E-state index contributed by atoms with van der Waals surface area (Å²) in [4.78, 5) is 38.1. The van der Waals surface area contributed by atoms with Crippen molar-refractivity contribution in [2.45, 2.75) is 284 Å². The summed E-state index contributed by atoms with van der Waals surface area (Å²) in [7, 11) is 0. The predicted octanol–water partition coefficient (Wildman–Crippen LogP) is 19.0. The van der Waals surface area contributed by atoms with Gasteiger partial charge in [0.15, 0.2) is 6.10 Å². The topological polar surface area (TPSA) is 78.9 Å². The van der Waals surface area contributed by atoms with Gasteiger partial charge in [-0.1, -0.05) is 293 Å². The van der Waals surface area contributed by atoms with E-state index in [0.29, 0.717) is 19.3 Å². The van der Waals surface area contributed by atoms with Crippen molar-refractivity contribution >= 4 is 17.9 Å². The number of esters is 3. The fraction of sp³-hybridized carbons (Fsp3) is 0.754. The highest BCUT2D eigenvalue weighted by Crippen LogP contribution is 2.17. The quantitative estimate of drug-likeness (QED) is 0.0262. The van der Waals surface area contributed by atoms with E-state index in [4.69, 9.17) is 14.2 Å². The fourth-order valence-corrected chi connectivity index (χ4v) is 8.12. The number of unbranched alkanes of at least 4 members (excludes halogenated alkanes) is 33. The van der Waals surface area contributed by atoms with E-state index in [1.807, 2.05) is 60.8 Å². The number of ether oxygens (including phenoxy) is 3. The highest BCUT2D eigenvalue weighted by Gasteiger charge is 2.19. The number of carbonyl (C=O) groups is 3. The third-order valence-electron chi connectivity index (χ3n) is 12.4. The summed E-state index contributed by atoms with van der Waals surface area (Å²) in [6.45, 7) is 6.49. The van der Waals surface area contributed by atoms with Crippen molar-refractivity contribution in [3.05, 3.63) is 72.9 Å². The van der Waals surface area contributed by atoms with Gasteiger partial charge >= 0.3 is 17.9 Å². The smallest absolute Gasteiger partial charge is 0.306 e. The summed E-state index contributed by atoms with van der Waals surface area (Å²) in [6.07, 6.45) is 70.3. The Morgan fingerprint density at radius 2 is 0.582 bits per heavy atom. The molecular formula is C61H106O6. The maximum Gasteiger partial charge on any atom is 0.306 e. The first-order valence-electron chi connectivity index (χ1n) is 28.5. The van der Waals surface area contributed by atoms with Crippen molar-refractivity contribution in [1.29, 1.82) is 0 Å². The minimum absolute atomic E-state index is 0.0900. The molecule has 0 saturated carbocycles. The largest absolute Gasteiger partial charge is 0.462 e. The molecule has 386 valence electrons. The maximum absolute atomic E-state index is 12.8. The van der Waals surface area contributed by atoms with Crippen LogP contribution < -0.4 is 0 Å². The van der Waals surface area contributed by atoms with Gasteiger partial charge in [0.1, 0.15) is 13.2 Å². The number of rotatable bonds is 51. The predicted molar refractivity (Wildman–Crippen MR) is 288 cm³/mol. The molecule has 0 rings (SSSR count). The van der Waals surface area contributed by atoms with Crippen LogP contribution in [0.1, 0.15) is 278 Å². The lowest BCUT2D eigenvalue weighted by Gasteiger charge is -2.18. The van der Waals surface area contributed by atoms with Gasteiger partial charge in [-0.2, -0.15) is 0 Å². The first kappa shape index (κ1) is 63.8. The molecule has 0 aromatic heterocycles. The molecule has 0 aliphatic rings. The SMILES string of the molecule is CC\C=C/C=C\C=C/C=C\C=C\C=C/CCCCCC(=O)OC(COC(=O)CCCCCCCCCCCCCCCC)COC(=O)CCCCCCCCCCCCCCCCCCCC. The van der Waals surface area contributed by atoms with E-state index in [-0.39, 0.29) is 37.5 Å². The molecule has 1 unspecified atom stereocenters. The van der Waals surface area contributed by atoms with Crippen LogP contribution >= 0.6 is 0 Å². The zero-order chi connectivity index (χ0) is 48.6. The first-order chi connectivity index (χ1) is 33.0. The van der Waals surface area contributed by atoms with Crippen molar-refractivity contribution in [2.24, 2.45) is 0 Å². The van der Waals surface area contributed by atoms with Gasteiger partial charge in [0.05, 0.1) is 0 Å². The lowest BCUT2D eigenvalue weighted by atomic mass is 10.0. The average molecular weight is 936 g/mol. The summed E-state index contributed by atoms with van der Waals surface area (Å²) in [6, 6.07) is 0. The zero-order valence-corrected chi connectivity index (χ0v) is 44.2. The van der Waals surface area contributed by atoms with Gasteiger partial charge in [0.25, 0.3) is 0 Å². The molecule has 0 bridgehead atoms. The van der Waals surface area contributed by atoms with Crippen LogP contribution in [-0.2, 0) is 28.6 Å². The molecule has 0 fully saturated rings. The van der Waals surface area contributed by atoms with Gasteiger partial charge in [-0.3, -0.25) is 14.4 Å². The second-order valence-electron chi connectivity index (χ2n) is 19.0. The van der Waals surface area contributed by atoms with Crippen molar-refractivity contribution in [3.8, 4) is 0 Å². The molecule has 0 aliphatic carbocycles. The van der Waals surface area contributed by atoms with Crippen molar-refractivity contribution in [3.63, 3.8) is 0 Å². The van der Waals surface area contributed by atoms with E-state index in [9.17, 15) is 14.4 Å². The van der Waals surface area contributed by atoms with E-state index in [1.54, 1.807) is 0 Å². The van der Waals surface area contributed by atoms with Gasteiger partial charge in [0, 0.05) is 19.3 Å².